The Morgan fingerprint density at radius 2 is 0.922 bits per heavy atom. The smallest absolute Gasteiger partial charge is 0.393 e. The van der Waals surface area contributed by atoms with Gasteiger partial charge in [-0.2, -0.15) is 0 Å². The van der Waals surface area contributed by atoms with Crippen molar-refractivity contribution in [2.75, 3.05) is 6.61 Å². The highest BCUT2D eigenvalue weighted by Gasteiger charge is 2.51. The highest BCUT2D eigenvalue weighted by Crippen LogP contribution is 2.47. The number of phosphoric acid groups is 1. The zero-order valence-electron chi connectivity index (χ0n) is 39.7. The summed E-state index contributed by atoms with van der Waals surface area (Å²) < 4.78 is 22.9. The number of carbonyl (C=O) groups excluding carboxylic acids is 1. The molecule has 0 spiro atoms. The maximum Gasteiger partial charge on any atom is 0.472 e. The SMILES string of the molecule is CCCCCCCCC/C=C/CC/C=C/CC/C=C/C(O)C(COP(=O)(O)OC1C(O)C(O)C(O)C(O)C1O)NC(=O)CC(O)CCCCCCC/C=C\CCCCCCCCCC. The minimum absolute atomic E-state index is 0.262. The van der Waals surface area contributed by atoms with Crippen molar-refractivity contribution in [1.29, 1.82) is 0 Å². The Hall–Kier alpha value is -1.74. The zero-order valence-corrected chi connectivity index (χ0v) is 40.6. The van der Waals surface area contributed by atoms with Crippen molar-refractivity contribution in [1.82, 2.24) is 5.32 Å². The van der Waals surface area contributed by atoms with Crippen LogP contribution >= 0.6 is 7.82 Å². The molecule has 1 saturated carbocycles. The van der Waals surface area contributed by atoms with Crippen LogP contribution in [0.2, 0.25) is 0 Å². The van der Waals surface area contributed by atoms with Gasteiger partial charge in [0.1, 0.15) is 36.6 Å². The van der Waals surface area contributed by atoms with Gasteiger partial charge in [-0.25, -0.2) is 4.57 Å². The van der Waals surface area contributed by atoms with E-state index in [9.17, 15) is 50.0 Å². The van der Waals surface area contributed by atoms with E-state index >= 15 is 0 Å². The normalized spacial score (nSPS) is 23.1. The second kappa shape index (κ2) is 39.3. The van der Waals surface area contributed by atoms with E-state index in [4.69, 9.17) is 9.05 Å². The number of hydrogen-bond acceptors (Lipinski definition) is 11. The minimum Gasteiger partial charge on any atom is -0.393 e. The number of unbranched alkanes of at least 4 members (excludes halogenated alkanes) is 22. The molecule has 1 fully saturated rings. The maximum atomic E-state index is 13.0. The van der Waals surface area contributed by atoms with E-state index in [0.29, 0.717) is 19.3 Å². The van der Waals surface area contributed by atoms with Gasteiger partial charge in [-0.15, -0.1) is 0 Å². The van der Waals surface area contributed by atoms with Crippen molar-refractivity contribution in [2.45, 2.75) is 255 Å². The van der Waals surface area contributed by atoms with Crippen LogP contribution < -0.4 is 5.32 Å². The topological polar surface area (TPSA) is 226 Å². The average Bonchev–Trinajstić information content (AvgIpc) is 3.27. The molecule has 8 unspecified atom stereocenters. The van der Waals surface area contributed by atoms with Crippen LogP contribution in [0.25, 0.3) is 0 Å². The molecular formula is C50H92NO12P. The van der Waals surface area contributed by atoms with Gasteiger partial charge >= 0.3 is 7.82 Å². The summed E-state index contributed by atoms with van der Waals surface area (Å²) in [6, 6.07) is -1.27. The van der Waals surface area contributed by atoms with Crippen LogP contribution in [0.5, 0.6) is 0 Å². The molecule has 0 aromatic heterocycles. The molecule has 374 valence electrons. The Morgan fingerprint density at radius 1 is 0.547 bits per heavy atom. The molecule has 0 heterocycles. The molecule has 0 aromatic rings. The van der Waals surface area contributed by atoms with Gasteiger partial charge in [0.15, 0.2) is 0 Å². The van der Waals surface area contributed by atoms with Crippen molar-refractivity contribution in [3.8, 4) is 0 Å². The van der Waals surface area contributed by atoms with Gasteiger partial charge in [-0.1, -0.05) is 172 Å². The summed E-state index contributed by atoms with van der Waals surface area (Å²) in [6.45, 7) is 3.72. The first-order valence-electron chi connectivity index (χ1n) is 25.2. The quantitative estimate of drug-likeness (QED) is 0.0159. The first kappa shape index (κ1) is 60.3. The molecule has 0 aromatic carbocycles. The Balaban J connectivity index is 2.55. The number of nitrogens with one attached hydrogen (secondary N) is 1. The molecule has 1 aliphatic carbocycles. The highest BCUT2D eigenvalue weighted by molar-refractivity contribution is 7.47. The summed E-state index contributed by atoms with van der Waals surface area (Å²) >= 11 is 0. The van der Waals surface area contributed by atoms with Gasteiger partial charge in [0.05, 0.1) is 31.3 Å². The lowest BCUT2D eigenvalue weighted by atomic mass is 9.85. The summed E-state index contributed by atoms with van der Waals surface area (Å²) in [6.07, 6.45) is 33.4. The third kappa shape index (κ3) is 30.5. The Kier molecular flexibility index (Phi) is 37.0. The second-order valence-electron chi connectivity index (χ2n) is 17.8. The lowest BCUT2D eigenvalue weighted by Gasteiger charge is -2.41. The van der Waals surface area contributed by atoms with Crippen molar-refractivity contribution >= 4 is 13.7 Å². The number of allylic oxidation sites excluding steroid dienone is 7. The zero-order chi connectivity index (χ0) is 47.3. The third-order valence-electron chi connectivity index (χ3n) is 11.9. The highest BCUT2D eigenvalue weighted by atomic mass is 31.2. The number of carbonyl (C=O) groups is 1. The van der Waals surface area contributed by atoms with Crippen LogP contribution in [0.15, 0.2) is 48.6 Å². The van der Waals surface area contributed by atoms with Crippen molar-refractivity contribution in [3.63, 3.8) is 0 Å². The van der Waals surface area contributed by atoms with Crippen LogP contribution in [-0.2, 0) is 18.4 Å². The Morgan fingerprint density at radius 3 is 1.38 bits per heavy atom. The molecule has 1 rings (SSSR count). The molecule has 9 N–H and O–H groups in total. The maximum absolute atomic E-state index is 13.0. The summed E-state index contributed by atoms with van der Waals surface area (Å²) in [5.74, 6) is -0.612. The summed E-state index contributed by atoms with van der Waals surface area (Å²) in [4.78, 5) is 23.5. The lowest BCUT2D eigenvalue weighted by molar-refractivity contribution is -0.220. The molecule has 1 amide bonds. The van der Waals surface area contributed by atoms with E-state index in [2.05, 4.69) is 55.6 Å². The second-order valence-corrected chi connectivity index (χ2v) is 19.2. The fourth-order valence-electron chi connectivity index (χ4n) is 7.74. The van der Waals surface area contributed by atoms with Gasteiger partial charge in [0, 0.05) is 0 Å². The van der Waals surface area contributed by atoms with E-state index in [1.54, 1.807) is 6.08 Å². The number of phosphoric ester groups is 1. The van der Waals surface area contributed by atoms with Crippen LogP contribution in [0.4, 0.5) is 0 Å². The predicted molar refractivity (Wildman–Crippen MR) is 256 cm³/mol. The molecule has 64 heavy (non-hydrogen) atoms. The van der Waals surface area contributed by atoms with Crippen LogP contribution in [-0.4, -0.2) is 108 Å². The number of rotatable bonds is 41. The van der Waals surface area contributed by atoms with Gasteiger partial charge in [-0.05, 0) is 70.6 Å². The summed E-state index contributed by atoms with van der Waals surface area (Å²) in [7, 11) is -5.16. The molecule has 14 heteroatoms. The van der Waals surface area contributed by atoms with Gasteiger partial charge < -0.3 is 46.0 Å². The average molecular weight is 930 g/mol. The van der Waals surface area contributed by atoms with Crippen LogP contribution in [0.3, 0.4) is 0 Å². The van der Waals surface area contributed by atoms with Crippen LogP contribution in [0, 0.1) is 0 Å². The minimum atomic E-state index is -5.16. The standard InChI is InChI=1S/C50H92NO12P/c1-3-5-7-9-11-13-15-17-19-21-23-25-27-29-31-33-35-37-41(52)39-44(54)51-42(40-62-64(60,61)63-50-48(58)46(56)45(55)47(57)49(50)59)43(53)38-36-34-32-30-28-26-24-22-20-18-16-14-12-10-8-6-4-2/h20-23,28,30,36,38,41-43,45-50,52-53,55-59H,3-19,24-27,29,31-35,37,39-40H2,1-2H3,(H,51,54)(H,60,61)/b22-20+,23-21-,30-28+,38-36+. The van der Waals surface area contributed by atoms with E-state index in [1.165, 1.54) is 102 Å². The van der Waals surface area contributed by atoms with E-state index in [1.807, 2.05) is 0 Å². The van der Waals surface area contributed by atoms with E-state index in [0.717, 1.165) is 64.2 Å². The lowest BCUT2D eigenvalue weighted by Crippen LogP contribution is -2.64. The molecule has 0 aliphatic heterocycles. The van der Waals surface area contributed by atoms with Crippen molar-refractivity contribution < 1.29 is 59.0 Å². The molecule has 0 radical (unpaired) electrons. The molecule has 1 aliphatic rings. The Labute approximate surface area is 387 Å². The molecule has 0 saturated heterocycles. The largest absolute Gasteiger partial charge is 0.472 e. The van der Waals surface area contributed by atoms with Crippen molar-refractivity contribution in [2.24, 2.45) is 0 Å². The van der Waals surface area contributed by atoms with Gasteiger partial charge in [-0.3, -0.25) is 13.8 Å². The number of hydrogen-bond donors (Lipinski definition) is 9. The van der Waals surface area contributed by atoms with Crippen molar-refractivity contribution in [3.05, 3.63) is 48.6 Å². The fourth-order valence-corrected chi connectivity index (χ4v) is 8.70. The monoisotopic (exact) mass is 930 g/mol. The van der Waals surface area contributed by atoms with Gasteiger partial charge in [0.2, 0.25) is 5.91 Å². The first-order chi connectivity index (χ1) is 30.8. The van der Waals surface area contributed by atoms with Crippen LogP contribution in [0.1, 0.15) is 200 Å². The molecule has 13 nitrogen and oxygen atoms in total. The Bertz CT molecular complexity index is 1280. The molecule has 8 atom stereocenters. The van der Waals surface area contributed by atoms with E-state index in [-0.39, 0.29) is 6.42 Å². The first-order valence-corrected chi connectivity index (χ1v) is 26.7. The fraction of sp³-hybridized carbons (Fsp3) is 0.820. The third-order valence-corrected chi connectivity index (χ3v) is 12.8. The summed E-state index contributed by atoms with van der Waals surface area (Å²) in [5, 5.41) is 74.6. The van der Waals surface area contributed by atoms with Gasteiger partial charge in [0.25, 0.3) is 0 Å². The number of amides is 1. The summed E-state index contributed by atoms with van der Waals surface area (Å²) in [5.41, 5.74) is 0. The number of aliphatic hydroxyl groups is 7. The molecule has 0 bridgehead atoms. The predicted octanol–water partition coefficient (Wildman–Crippen LogP) is 9.09. The number of aliphatic hydroxyl groups excluding tert-OH is 7. The molecular weight excluding hydrogens is 838 g/mol. The van der Waals surface area contributed by atoms with E-state index < -0.39 is 75.2 Å².